The van der Waals surface area contributed by atoms with Crippen molar-refractivity contribution in [3.8, 4) is 5.69 Å². The Bertz CT molecular complexity index is 2770. The monoisotopic (exact) mass is 622 g/mol. The molecule has 10 rings (SSSR count). The molecule has 3 heterocycles. The number of fused-ring (bicyclic) bond motifs is 9. The van der Waals surface area contributed by atoms with E-state index in [9.17, 15) is 0 Å². The van der Waals surface area contributed by atoms with Crippen LogP contribution in [0.15, 0.2) is 158 Å². The molecule has 0 spiro atoms. The van der Waals surface area contributed by atoms with Crippen LogP contribution in [0.4, 0.5) is 17.1 Å². The molecule has 0 aliphatic carbocycles. The number of benzene rings is 7. The van der Waals surface area contributed by atoms with Crippen molar-refractivity contribution in [3.63, 3.8) is 0 Å². The Morgan fingerprint density at radius 1 is 0.391 bits per heavy atom. The molecule has 0 amide bonds. The zero-order chi connectivity index (χ0) is 30.2. The molecule has 7 aromatic carbocycles. The number of hydrogen-bond donors (Lipinski definition) is 0. The van der Waals surface area contributed by atoms with Crippen LogP contribution in [0.25, 0.3) is 67.8 Å². The van der Waals surface area contributed by atoms with Crippen molar-refractivity contribution in [2.45, 2.75) is 0 Å². The molecule has 3 aromatic heterocycles. The summed E-state index contributed by atoms with van der Waals surface area (Å²) in [7, 11) is 0. The molecule has 216 valence electrons. The minimum Gasteiger partial charge on any atom is -0.310 e. The van der Waals surface area contributed by atoms with E-state index in [0.29, 0.717) is 0 Å². The largest absolute Gasteiger partial charge is 0.310 e. The van der Waals surface area contributed by atoms with Crippen molar-refractivity contribution >= 4 is 102 Å². The third kappa shape index (κ3) is 3.81. The predicted octanol–water partition coefficient (Wildman–Crippen LogP) is 13.0. The van der Waals surface area contributed by atoms with Gasteiger partial charge in [-0.2, -0.15) is 0 Å². The fourth-order valence-electron chi connectivity index (χ4n) is 7.18. The van der Waals surface area contributed by atoms with E-state index >= 15 is 0 Å². The Morgan fingerprint density at radius 3 is 1.74 bits per heavy atom. The van der Waals surface area contributed by atoms with Crippen LogP contribution >= 0.6 is 22.7 Å². The van der Waals surface area contributed by atoms with Gasteiger partial charge in [0.25, 0.3) is 0 Å². The summed E-state index contributed by atoms with van der Waals surface area (Å²) in [5.74, 6) is 0. The Hall–Kier alpha value is -5.42. The molecule has 0 N–H and O–H groups in total. The van der Waals surface area contributed by atoms with E-state index in [1.54, 1.807) is 0 Å². The molecular weight excluding hydrogens is 597 g/mol. The second kappa shape index (κ2) is 10.0. The summed E-state index contributed by atoms with van der Waals surface area (Å²) < 4.78 is 7.72. The molecule has 0 fully saturated rings. The molecule has 2 nitrogen and oxygen atoms in total. The SMILES string of the molecule is c1ccc(N(c2ccc3sc4ccccc4c3c2)c2cccc3c2c2ccccc2n3-c2ccc3sc4ccccc4c3c2)cc1. The highest BCUT2D eigenvalue weighted by Gasteiger charge is 2.22. The highest BCUT2D eigenvalue weighted by Crippen LogP contribution is 2.46. The lowest BCUT2D eigenvalue weighted by molar-refractivity contribution is 1.19. The van der Waals surface area contributed by atoms with Crippen LogP contribution in [0.3, 0.4) is 0 Å². The summed E-state index contributed by atoms with van der Waals surface area (Å²) in [5, 5.41) is 7.71. The van der Waals surface area contributed by atoms with Gasteiger partial charge in [0.1, 0.15) is 0 Å². The topological polar surface area (TPSA) is 8.17 Å². The number of anilines is 3. The van der Waals surface area contributed by atoms with Crippen molar-refractivity contribution in [1.29, 1.82) is 0 Å². The molecule has 0 radical (unpaired) electrons. The summed E-state index contributed by atoms with van der Waals surface area (Å²) in [4.78, 5) is 2.43. The summed E-state index contributed by atoms with van der Waals surface area (Å²) in [6, 6.07) is 57.7. The highest BCUT2D eigenvalue weighted by molar-refractivity contribution is 7.26. The van der Waals surface area contributed by atoms with Crippen molar-refractivity contribution in [3.05, 3.63) is 158 Å². The summed E-state index contributed by atoms with van der Waals surface area (Å²) in [6.45, 7) is 0. The van der Waals surface area contributed by atoms with Crippen LogP contribution in [0.1, 0.15) is 0 Å². The van der Waals surface area contributed by atoms with E-state index in [0.717, 1.165) is 11.4 Å². The van der Waals surface area contributed by atoms with E-state index in [-0.39, 0.29) is 0 Å². The van der Waals surface area contributed by atoms with Crippen molar-refractivity contribution in [2.24, 2.45) is 0 Å². The average molecular weight is 623 g/mol. The molecule has 0 saturated heterocycles. The number of rotatable bonds is 4. The highest BCUT2D eigenvalue weighted by atomic mass is 32.1. The van der Waals surface area contributed by atoms with Gasteiger partial charge in [-0.1, -0.05) is 78.9 Å². The number of thiophene rings is 2. The van der Waals surface area contributed by atoms with Crippen LogP contribution in [0.2, 0.25) is 0 Å². The Morgan fingerprint density at radius 2 is 0.978 bits per heavy atom. The molecule has 0 atom stereocenters. The van der Waals surface area contributed by atoms with Crippen LogP contribution in [0.5, 0.6) is 0 Å². The van der Waals surface area contributed by atoms with E-state index in [4.69, 9.17) is 0 Å². The van der Waals surface area contributed by atoms with Gasteiger partial charge in [-0.25, -0.2) is 0 Å². The second-order valence-electron chi connectivity index (χ2n) is 11.8. The van der Waals surface area contributed by atoms with Gasteiger partial charge in [-0.15, -0.1) is 22.7 Å². The van der Waals surface area contributed by atoms with E-state index in [1.807, 2.05) is 22.7 Å². The van der Waals surface area contributed by atoms with Gasteiger partial charge in [-0.05, 0) is 78.9 Å². The van der Waals surface area contributed by atoms with E-state index in [2.05, 4.69) is 167 Å². The average Bonchev–Trinajstić information content (AvgIpc) is 3.78. The second-order valence-corrected chi connectivity index (χ2v) is 13.9. The Kier molecular flexibility index (Phi) is 5.65. The molecule has 4 heteroatoms. The van der Waals surface area contributed by atoms with Gasteiger partial charge in [0, 0.05) is 68.2 Å². The third-order valence-electron chi connectivity index (χ3n) is 9.17. The van der Waals surface area contributed by atoms with E-state index in [1.165, 1.54) is 73.5 Å². The lowest BCUT2D eigenvalue weighted by Gasteiger charge is -2.26. The fraction of sp³-hybridized carbons (Fsp3) is 0. The standard InChI is InChI=1S/C42H26N2S2/c1-2-11-27(12-3-1)43(28-21-23-40-33(25-28)30-13-5-8-19-38(30)45-40)36-17-10-18-37-42(36)32-15-4-7-16-35(32)44(37)29-22-24-41-34(26-29)31-14-6-9-20-39(31)46-41/h1-26H. The normalized spacial score (nSPS) is 11.9. The molecule has 0 bridgehead atoms. The molecule has 0 unspecified atom stereocenters. The smallest absolute Gasteiger partial charge is 0.0562 e. The van der Waals surface area contributed by atoms with Gasteiger partial charge in [0.2, 0.25) is 0 Å². The first-order valence-electron chi connectivity index (χ1n) is 15.5. The lowest BCUT2D eigenvalue weighted by Crippen LogP contribution is -2.10. The maximum absolute atomic E-state index is 2.44. The van der Waals surface area contributed by atoms with Gasteiger partial charge in [0.05, 0.1) is 16.7 Å². The van der Waals surface area contributed by atoms with Crippen molar-refractivity contribution in [2.75, 3.05) is 4.90 Å². The van der Waals surface area contributed by atoms with Crippen LogP contribution in [0, 0.1) is 0 Å². The molecule has 0 saturated carbocycles. The Labute approximate surface area is 273 Å². The Balaban J connectivity index is 1.26. The minimum absolute atomic E-state index is 1.14. The quantitative estimate of drug-likeness (QED) is 0.190. The fourth-order valence-corrected chi connectivity index (χ4v) is 9.35. The maximum Gasteiger partial charge on any atom is 0.0562 e. The number of hydrogen-bond acceptors (Lipinski definition) is 3. The van der Waals surface area contributed by atoms with Crippen molar-refractivity contribution < 1.29 is 0 Å². The van der Waals surface area contributed by atoms with Gasteiger partial charge >= 0.3 is 0 Å². The lowest BCUT2D eigenvalue weighted by atomic mass is 10.1. The van der Waals surface area contributed by atoms with Crippen LogP contribution < -0.4 is 4.90 Å². The summed E-state index contributed by atoms with van der Waals surface area (Å²) in [6.07, 6.45) is 0. The summed E-state index contributed by atoms with van der Waals surface area (Å²) in [5.41, 5.74) is 7.03. The van der Waals surface area contributed by atoms with Crippen LogP contribution in [-0.2, 0) is 0 Å². The minimum atomic E-state index is 1.14. The van der Waals surface area contributed by atoms with Crippen LogP contribution in [-0.4, -0.2) is 4.57 Å². The molecular formula is C42H26N2S2. The van der Waals surface area contributed by atoms with Gasteiger partial charge in [-0.3, -0.25) is 0 Å². The molecule has 10 aromatic rings. The predicted molar refractivity (Wildman–Crippen MR) is 201 cm³/mol. The van der Waals surface area contributed by atoms with E-state index < -0.39 is 0 Å². The first-order chi connectivity index (χ1) is 22.8. The zero-order valence-corrected chi connectivity index (χ0v) is 26.4. The number of aromatic nitrogens is 1. The summed E-state index contributed by atoms with van der Waals surface area (Å²) >= 11 is 3.72. The number of para-hydroxylation sites is 2. The zero-order valence-electron chi connectivity index (χ0n) is 24.7. The maximum atomic E-state index is 2.44. The first-order valence-corrected chi connectivity index (χ1v) is 17.2. The molecule has 46 heavy (non-hydrogen) atoms. The molecule has 0 aliphatic rings. The molecule has 0 aliphatic heterocycles. The van der Waals surface area contributed by atoms with Crippen molar-refractivity contribution in [1.82, 2.24) is 4.57 Å². The number of nitrogens with zero attached hydrogens (tertiary/aromatic N) is 2. The van der Waals surface area contributed by atoms with Gasteiger partial charge < -0.3 is 9.47 Å². The third-order valence-corrected chi connectivity index (χ3v) is 11.5. The first kappa shape index (κ1) is 25.9. The van der Waals surface area contributed by atoms with Gasteiger partial charge in [0.15, 0.2) is 0 Å².